The fourth-order valence-corrected chi connectivity index (χ4v) is 4.88. The molecule has 1 N–H and O–H groups in total. The van der Waals surface area contributed by atoms with Crippen LogP contribution in [0.2, 0.25) is 0 Å². The number of benzene rings is 2. The predicted octanol–water partition coefficient (Wildman–Crippen LogP) is 5.04. The number of thioether (sulfide) groups is 1. The van der Waals surface area contributed by atoms with Crippen LogP contribution in [0.15, 0.2) is 41.4 Å². The fourth-order valence-electron chi connectivity index (χ4n) is 3.68. The first-order valence-electron chi connectivity index (χ1n) is 10.3. The zero-order chi connectivity index (χ0) is 21.4. The van der Waals surface area contributed by atoms with Gasteiger partial charge in [-0.1, -0.05) is 42.1 Å². The minimum Gasteiger partial charge on any atom is -0.326 e. The molecule has 1 aliphatic heterocycles. The van der Waals surface area contributed by atoms with E-state index >= 15 is 0 Å². The van der Waals surface area contributed by atoms with Crippen LogP contribution in [0.1, 0.15) is 41.5 Å². The maximum atomic E-state index is 13.1. The summed E-state index contributed by atoms with van der Waals surface area (Å²) in [7, 11) is 0. The first-order chi connectivity index (χ1) is 14.3. The zero-order valence-corrected chi connectivity index (χ0v) is 18.7. The molecule has 1 unspecified atom stereocenters. The second kappa shape index (κ2) is 8.26. The number of hydrogen-bond donors (Lipinski definition) is 1. The van der Waals surface area contributed by atoms with E-state index in [1.807, 2.05) is 62.9 Å². The van der Waals surface area contributed by atoms with E-state index in [1.165, 1.54) is 11.8 Å². The van der Waals surface area contributed by atoms with Gasteiger partial charge in [0.1, 0.15) is 5.25 Å². The first kappa shape index (κ1) is 20.7. The topological polar surface area (TPSA) is 61.8 Å². The highest BCUT2D eigenvalue weighted by Crippen LogP contribution is 2.40. The van der Waals surface area contributed by atoms with E-state index in [-0.39, 0.29) is 24.3 Å². The minimum atomic E-state index is -0.432. The van der Waals surface area contributed by atoms with Crippen LogP contribution in [-0.4, -0.2) is 33.2 Å². The molecule has 6 heteroatoms. The molecule has 1 aliphatic carbocycles. The Morgan fingerprint density at radius 3 is 2.47 bits per heavy atom. The summed E-state index contributed by atoms with van der Waals surface area (Å²) >= 11 is 1.42. The quantitative estimate of drug-likeness (QED) is 0.735. The number of nitrogens with zero attached hydrogens (tertiary/aromatic N) is 2. The Labute approximate surface area is 182 Å². The number of anilines is 1. The van der Waals surface area contributed by atoms with Crippen molar-refractivity contribution in [1.29, 1.82) is 0 Å². The molecule has 30 heavy (non-hydrogen) atoms. The molecule has 0 radical (unpaired) electrons. The summed E-state index contributed by atoms with van der Waals surface area (Å²) in [6.45, 7) is 8.01. The number of hydrogen-bond acceptors (Lipinski definition) is 4. The lowest BCUT2D eigenvalue weighted by Gasteiger charge is -2.16. The summed E-state index contributed by atoms with van der Waals surface area (Å²) < 4.78 is 0. The number of rotatable bonds is 5. The molecule has 0 aromatic heterocycles. The van der Waals surface area contributed by atoms with E-state index in [9.17, 15) is 9.59 Å². The SMILES string of the molecule is Cc1ccc(C)c(N=C2SC(CC(=O)Nc3c(C)cccc3C)C(=O)N2C2CC2)c1. The van der Waals surface area contributed by atoms with Gasteiger partial charge in [0.25, 0.3) is 0 Å². The van der Waals surface area contributed by atoms with Crippen LogP contribution in [0.3, 0.4) is 0 Å². The molecule has 1 saturated heterocycles. The highest BCUT2D eigenvalue weighted by atomic mass is 32.2. The lowest BCUT2D eigenvalue weighted by atomic mass is 10.1. The van der Waals surface area contributed by atoms with Crippen molar-refractivity contribution in [2.24, 2.45) is 4.99 Å². The molecule has 0 spiro atoms. The van der Waals surface area contributed by atoms with Crippen LogP contribution in [0.25, 0.3) is 0 Å². The van der Waals surface area contributed by atoms with Crippen LogP contribution in [0, 0.1) is 27.7 Å². The van der Waals surface area contributed by atoms with E-state index < -0.39 is 5.25 Å². The Hall–Kier alpha value is -2.60. The van der Waals surface area contributed by atoms with Gasteiger partial charge in [-0.3, -0.25) is 14.5 Å². The first-order valence-corrected chi connectivity index (χ1v) is 11.2. The van der Waals surface area contributed by atoms with Crippen molar-refractivity contribution in [3.63, 3.8) is 0 Å². The normalized spacial score (nSPS) is 20.1. The molecular weight excluding hydrogens is 394 g/mol. The third kappa shape index (κ3) is 4.29. The summed E-state index contributed by atoms with van der Waals surface area (Å²) in [4.78, 5) is 32.5. The van der Waals surface area contributed by atoms with Gasteiger partial charge in [0.2, 0.25) is 11.8 Å². The number of aryl methyl sites for hydroxylation is 4. The number of amides is 2. The predicted molar refractivity (Wildman–Crippen MR) is 123 cm³/mol. The number of carbonyl (C=O) groups excluding carboxylic acids is 2. The van der Waals surface area contributed by atoms with Gasteiger partial charge in [-0.25, -0.2) is 4.99 Å². The summed E-state index contributed by atoms with van der Waals surface area (Å²) in [5, 5.41) is 3.30. The third-order valence-electron chi connectivity index (χ3n) is 5.58. The van der Waals surface area contributed by atoms with E-state index in [0.717, 1.165) is 51.6 Å². The molecule has 5 nitrogen and oxygen atoms in total. The minimum absolute atomic E-state index is 0.00297. The molecule has 2 aromatic rings. The van der Waals surface area contributed by atoms with Gasteiger partial charge in [-0.15, -0.1) is 0 Å². The second-order valence-electron chi connectivity index (χ2n) is 8.25. The molecule has 2 aliphatic rings. The monoisotopic (exact) mass is 421 g/mol. The van der Waals surface area contributed by atoms with Crippen molar-refractivity contribution in [2.75, 3.05) is 5.32 Å². The van der Waals surface area contributed by atoms with Gasteiger partial charge in [0, 0.05) is 18.2 Å². The Morgan fingerprint density at radius 1 is 1.10 bits per heavy atom. The van der Waals surface area contributed by atoms with Crippen LogP contribution in [0.4, 0.5) is 11.4 Å². The molecule has 1 heterocycles. The summed E-state index contributed by atoms with van der Waals surface area (Å²) in [5.41, 5.74) is 5.97. The highest BCUT2D eigenvalue weighted by molar-refractivity contribution is 8.15. The highest BCUT2D eigenvalue weighted by Gasteiger charge is 2.46. The smallest absolute Gasteiger partial charge is 0.242 e. The Balaban J connectivity index is 1.54. The molecular formula is C24H27N3O2S. The molecule has 1 atom stereocenters. The summed E-state index contributed by atoms with van der Waals surface area (Å²) in [6.07, 6.45) is 2.14. The fraction of sp³-hybridized carbons (Fsp3) is 0.375. The van der Waals surface area contributed by atoms with Crippen LogP contribution in [-0.2, 0) is 9.59 Å². The molecule has 156 valence electrons. The van der Waals surface area contributed by atoms with Gasteiger partial charge in [0.15, 0.2) is 5.17 Å². The van der Waals surface area contributed by atoms with Crippen LogP contribution in [0.5, 0.6) is 0 Å². The van der Waals surface area contributed by atoms with Crippen molar-refractivity contribution in [2.45, 2.75) is 58.2 Å². The molecule has 1 saturated carbocycles. The van der Waals surface area contributed by atoms with Crippen LogP contribution < -0.4 is 5.32 Å². The number of carbonyl (C=O) groups is 2. The maximum absolute atomic E-state index is 13.1. The Bertz CT molecular complexity index is 1020. The Kier molecular flexibility index (Phi) is 5.69. The molecule has 4 rings (SSSR count). The number of para-hydroxylation sites is 1. The maximum Gasteiger partial charge on any atom is 0.242 e. The lowest BCUT2D eigenvalue weighted by Crippen LogP contribution is -2.35. The van der Waals surface area contributed by atoms with Crippen molar-refractivity contribution in [3.05, 3.63) is 58.7 Å². The van der Waals surface area contributed by atoms with Crippen molar-refractivity contribution in [3.8, 4) is 0 Å². The van der Waals surface area contributed by atoms with E-state index in [4.69, 9.17) is 4.99 Å². The standard InChI is InChI=1S/C24H27N3O2S/c1-14-8-9-15(2)19(12-14)25-24-27(18-10-11-18)23(29)20(30-24)13-21(28)26-22-16(3)6-5-7-17(22)4/h5-9,12,18,20H,10-11,13H2,1-4H3,(H,26,28). The van der Waals surface area contributed by atoms with Gasteiger partial charge in [0.05, 0.1) is 5.69 Å². The van der Waals surface area contributed by atoms with E-state index in [2.05, 4.69) is 11.4 Å². The van der Waals surface area contributed by atoms with Gasteiger partial charge in [-0.2, -0.15) is 0 Å². The average molecular weight is 422 g/mol. The lowest BCUT2D eigenvalue weighted by molar-refractivity contribution is -0.128. The van der Waals surface area contributed by atoms with Crippen molar-refractivity contribution >= 4 is 40.1 Å². The number of amidine groups is 1. The van der Waals surface area contributed by atoms with Gasteiger partial charge in [-0.05, 0) is 68.9 Å². The summed E-state index contributed by atoms with van der Waals surface area (Å²) in [5.74, 6) is -0.134. The average Bonchev–Trinajstić information content (AvgIpc) is 3.47. The molecule has 2 aromatic carbocycles. The molecule has 0 bridgehead atoms. The molecule has 2 amide bonds. The van der Waals surface area contributed by atoms with E-state index in [1.54, 1.807) is 0 Å². The van der Waals surface area contributed by atoms with E-state index in [0.29, 0.717) is 0 Å². The van der Waals surface area contributed by atoms with Crippen molar-refractivity contribution in [1.82, 2.24) is 4.90 Å². The number of aliphatic imine (C=N–C) groups is 1. The van der Waals surface area contributed by atoms with Gasteiger partial charge < -0.3 is 5.32 Å². The molecule has 2 fully saturated rings. The number of nitrogens with one attached hydrogen (secondary N) is 1. The third-order valence-corrected chi connectivity index (χ3v) is 6.73. The van der Waals surface area contributed by atoms with Gasteiger partial charge >= 0.3 is 0 Å². The van der Waals surface area contributed by atoms with Crippen LogP contribution >= 0.6 is 11.8 Å². The van der Waals surface area contributed by atoms with Crippen molar-refractivity contribution < 1.29 is 9.59 Å². The largest absolute Gasteiger partial charge is 0.326 e. The second-order valence-corrected chi connectivity index (χ2v) is 9.42. The zero-order valence-electron chi connectivity index (χ0n) is 17.9. The summed E-state index contributed by atoms with van der Waals surface area (Å²) in [6, 6.07) is 12.3. The Morgan fingerprint density at radius 2 is 1.80 bits per heavy atom.